The fourth-order valence-corrected chi connectivity index (χ4v) is 3.88. The lowest BCUT2D eigenvalue weighted by Crippen LogP contribution is -2.27. The summed E-state index contributed by atoms with van der Waals surface area (Å²) in [6.07, 6.45) is -2.68. The third-order valence-electron chi connectivity index (χ3n) is 5.51. The minimum absolute atomic E-state index is 0.114. The van der Waals surface area contributed by atoms with Gasteiger partial charge in [-0.2, -0.15) is 18.3 Å². The van der Waals surface area contributed by atoms with Gasteiger partial charge in [0.15, 0.2) is 5.65 Å². The average molecular weight is 457 g/mol. The van der Waals surface area contributed by atoms with Crippen LogP contribution in [0, 0.1) is 0 Å². The standard InChI is InChI=1S/C20H18F3N9O/c1-30-16-8-11(13-3-5-24-19(26-13)27-14-4-6-25-31(14)2)7-15-28-29-18(32(15)16)12(9-17(30)33)10-20(21,22)23/h3-8,12H,9-10H2,1-2H3,(H,24,26,27)/t12-/m1/s1. The van der Waals surface area contributed by atoms with Crippen LogP contribution in [0.25, 0.3) is 16.9 Å². The molecule has 170 valence electrons. The molecule has 0 aliphatic carbocycles. The van der Waals surface area contributed by atoms with Crippen molar-refractivity contribution < 1.29 is 18.0 Å². The molecule has 4 aromatic rings. The summed E-state index contributed by atoms with van der Waals surface area (Å²) >= 11 is 0. The van der Waals surface area contributed by atoms with Crippen LogP contribution in [0.5, 0.6) is 0 Å². The van der Waals surface area contributed by atoms with Gasteiger partial charge in [0.2, 0.25) is 11.9 Å². The Balaban J connectivity index is 1.58. The second-order valence-corrected chi connectivity index (χ2v) is 7.76. The van der Waals surface area contributed by atoms with E-state index in [9.17, 15) is 18.0 Å². The van der Waals surface area contributed by atoms with Gasteiger partial charge >= 0.3 is 6.18 Å². The smallest absolute Gasteiger partial charge is 0.309 e. The van der Waals surface area contributed by atoms with E-state index < -0.39 is 24.4 Å². The first-order valence-electron chi connectivity index (χ1n) is 10.0. The van der Waals surface area contributed by atoms with E-state index in [1.807, 2.05) is 0 Å². The van der Waals surface area contributed by atoms with Crippen LogP contribution in [0.1, 0.15) is 24.6 Å². The predicted octanol–water partition coefficient (Wildman–Crippen LogP) is 3.07. The van der Waals surface area contributed by atoms with Crippen LogP contribution in [-0.4, -0.2) is 53.5 Å². The molecule has 0 radical (unpaired) electrons. The van der Waals surface area contributed by atoms with Crippen LogP contribution < -0.4 is 10.2 Å². The molecule has 10 nitrogen and oxygen atoms in total. The molecule has 0 spiro atoms. The Hall–Kier alpha value is -4.03. The van der Waals surface area contributed by atoms with Gasteiger partial charge in [0.05, 0.1) is 18.3 Å². The van der Waals surface area contributed by atoms with Gasteiger partial charge in [-0.15, -0.1) is 10.2 Å². The van der Waals surface area contributed by atoms with E-state index in [1.165, 1.54) is 16.3 Å². The first-order valence-corrected chi connectivity index (χ1v) is 10.0. The predicted molar refractivity (Wildman–Crippen MR) is 112 cm³/mol. The summed E-state index contributed by atoms with van der Waals surface area (Å²) in [4.78, 5) is 22.8. The monoisotopic (exact) mass is 457 g/mol. The SMILES string of the molecule is CN1C(=O)C[C@H](CC(F)(F)F)c2nnc3cc(-c4ccnc(Nc5ccnn5C)n4)cc1n23. The number of aromatic nitrogens is 7. The number of amides is 1. The van der Waals surface area contributed by atoms with Crippen molar-refractivity contribution >= 4 is 29.1 Å². The van der Waals surface area contributed by atoms with Gasteiger partial charge in [0, 0.05) is 44.3 Å². The number of halogens is 3. The number of anilines is 3. The summed E-state index contributed by atoms with van der Waals surface area (Å²) in [6.45, 7) is 0. The number of alkyl halides is 3. The van der Waals surface area contributed by atoms with Gasteiger partial charge < -0.3 is 10.2 Å². The molecule has 1 amide bonds. The molecule has 0 aromatic carbocycles. The highest BCUT2D eigenvalue weighted by Gasteiger charge is 2.38. The second kappa shape index (κ2) is 7.53. The third kappa shape index (κ3) is 3.85. The Labute approximate surface area is 185 Å². The van der Waals surface area contributed by atoms with Crippen LogP contribution in [0.3, 0.4) is 0 Å². The fourth-order valence-electron chi connectivity index (χ4n) is 3.88. The zero-order valence-electron chi connectivity index (χ0n) is 17.6. The summed E-state index contributed by atoms with van der Waals surface area (Å²) in [5.74, 6) is -0.0407. The van der Waals surface area contributed by atoms with Crippen molar-refractivity contribution in [1.29, 1.82) is 0 Å². The molecule has 1 aliphatic rings. The average Bonchev–Trinajstić information content (AvgIpc) is 3.35. The van der Waals surface area contributed by atoms with Crippen LogP contribution >= 0.6 is 0 Å². The number of carbonyl (C=O) groups is 1. The normalized spacial score (nSPS) is 16.3. The van der Waals surface area contributed by atoms with Gasteiger partial charge in [0.25, 0.3) is 0 Å². The lowest BCUT2D eigenvalue weighted by atomic mass is 10.00. The maximum absolute atomic E-state index is 13.1. The molecule has 5 heterocycles. The summed E-state index contributed by atoms with van der Waals surface area (Å²) in [5.41, 5.74) is 1.47. The van der Waals surface area contributed by atoms with Crippen molar-refractivity contribution in [3.63, 3.8) is 0 Å². The molecule has 4 aromatic heterocycles. The maximum atomic E-state index is 13.1. The van der Waals surface area contributed by atoms with Crippen LogP contribution in [0.4, 0.5) is 30.8 Å². The van der Waals surface area contributed by atoms with Gasteiger partial charge in [-0.3, -0.25) is 13.9 Å². The van der Waals surface area contributed by atoms with Gasteiger partial charge in [0.1, 0.15) is 17.5 Å². The Kier molecular flexibility index (Phi) is 4.76. The molecule has 33 heavy (non-hydrogen) atoms. The summed E-state index contributed by atoms with van der Waals surface area (Å²) in [7, 11) is 3.30. The molecule has 0 bridgehead atoms. The zero-order chi connectivity index (χ0) is 23.3. The van der Waals surface area contributed by atoms with E-state index in [-0.39, 0.29) is 12.2 Å². The maximum Gasteiger partial charge on any atom is 0.389 e. The van der Waals surface area contributed by atoms with E-state index >= 15 is 0 Å². The fraction of sp³-hybridized carbons (Fsp3) is 0.300. The molecule has 0 unspecified atom stereocenters. The van der Waals surface area contributed by atoms with E-state index in [0.29, 0.717) is 34.5 Å². The number of rotatable bonds is 4. The molecule has 5 rings (SSSR count). The summed E-state index contributed by atoms with van der Waals surface area (Å²) < 4.78 is 42.5. The van der Waals surface area contributed by atoms with Crippen molar-refractivity contribution in [1.82, 2.24) is 34.3 Å². The number of carbonyl (C=O) groups excluding carboxylic acids is 1. The second-order valence-electron chi connectivity index (χ2n) is 7.76. The minimum atomic E-state index is -4.43. The summed E-state index contributed by atoms with van der Waals surface area (Å²) in [5, 5.41) is 15.3. The van der Waals surface area contributed by atoms with Gasteiger partial charge in [-0.25, -0.2) is 9.97 Å². The number of aryl methyl sites for hydroxylation is 1. The Morgan fingerprint density at radius 1 is 1.15 bits per heavy atom. The first kappa shape index (κ1) is 20.8. The Morgan fingerprint density at radius 3 is 2.70 bits per heavy atom. The first-order chi connectivity index (χ1) is 15.7. The van der Waals surface area contributed by atoms with Crippen molar-refractivity contribution in [2.24, 2.45) is 7.05 Å². The van der Waals surface area contributed by atoms with Crippen molar-refractivity contribution in [2.45, 2.75) is 24.9 Å². The highest BCUT2D eigenvalue weighted by molar-refractivity contribution is 5.94. The largest absolute Gasteiger partial charge is 0.389 e. The molecule has 0 saturated heterocycles. The molecule has 1 N–H and O–H groups in total. The van der Waals surface area contributed by atoms with Crippen LogP contribution in [-0.2, 0) is 11.8 Å². The molecule has 1 aliphatic heterocycles. The highest BCUT2D eigenvalue weighted by atomic mass is 19.4. The van der Waals surface area contributed by atoms with Crippen LogP contribution in [0.15, 0.2) is 36.7 Å². The molecular weight excluding hydrogens is 439 g/mol. The molecule has 0 saturated carbocycles. The number of nitrogens with one attached hydrogen (secondary N) is 1. The molecule has 0 fully saturated rings. The number of hydrogen-bond donors (Lipinski definition) is 1. The van der Waals surface area contributed by atoms with Gasteiger partial charge in [-0.1, -0.05) is 0 Å². The lowest BCUT2D eigenvalue weighted by Gasteiger charge is -2.17. The lowest BCUT2D eigenvalue weighted by molar-refractivity contribution is -0.140. The van der Waals surface area contributed by atoms with Gasteiger partial charge in [-0.05, 0) is 18.2 Å². The topological polar surface area (TPSA) is 106 Å². The number of nitrogens with zero attached hydrogens (tertiary/aromatic N) is 8. The summed E-state index contributed by atoms with van der Waals surface area (Å²) in [6, 6.07) is 6.81. The third-order valence-corrected chi connectivity index (χ3v) is 5.51. The highest BCUT2D eigenvalue weighted by Crippen LogP contribution is 2.38. The molecule has 13 heteroatoms. The van der Waals surface area contributed by atoms with Crippen LogP contribution in [0.2, 0.25) is 0 Å². The van der Waals surface area contributed by atoms with Crippen molar-refractivity contribution in [3.05, 3.63) is 42.5 Å². The number of pyridine rings is 1. The number of hydrogen-bond acceptors (Lipinski definition) is 7. The van der Waals surface area contributed by atoms with E-state index in [0.717, 1.165) is 0 Å². The molecule has 1 atom stereocenters. The quantitative estimate of drug-likeness (QED) is 0.502. The Morgan fingerprint density at radius 2 is 1.97 bits per heavy atom. The van der Waals surface area contributed by atoms with E-state index in [4.69, 9.17) is 0 Å². The van der Waals surface area contributed by atoms with Crippen molar-refractivity contribution in [2.75, 3.05) is 17.3 Å². The zero-order valence-corrected chi connectivity index (χ0v) is 17.6. The van der Waals surface area contributed by atoms with E-state index in [1.54, 1.807) is 48.4 Å². The molecular formula is C20H18F3N9O. The van der Waals surface area contributed by atoms with E-state index in [2.05, 4.69) is 30.6 Å². The van der Waals surface area contributed by atoms with Crippen molar-refractivity contribution in [3.8, 4) is 11.3 Å². The Bertz CT molecular complexity index is 1360. The minimum Gasteiger partial charge on any atom is -0.309 e.